The average Bonchev–Trinajstić information content (AvgIpc) is 2.51. The van der Waals surface area contributed by atoms with E-state index in [1.54, 1.807) is 0 Å². The van der Waals surface area contributed by atoms with Crippen LogP contribution in [0.1, 0.15) is 50.2 Å². The predicted molar refractivity (Wildman–Crippen MR) is 85.5 cm³/mol. The molecule has 1 rings (SSSR count). The molecule has 1 amide bonds. The van der Waals surface area contributed by atoms with Gasteiger partial charge in [-0.2, -0.15) is 0 Å². The molecule has 0 aliphatic heterocycles. The SMILES string of the molecule is CCCC(CCN)CCC(=O)NCc1ccc(CO)cc1. The summed E-state index contributed by atoms with van der Waals surface area (Å²) in [7, 11) is 0. The quantitative estimate of drug-likeness (QED) is 0.619. The van der Waals surface area contributed by atoms with Crippen molar-refractivity contribution < 1.29 is 9.90 Å². The Morgan fingerprint density at radius 1 is 1.19 bits per heavy atom. The molecule has 4 nitrogen and oxygen atoms in total. The van der Waals surface area contributed by atoms with Crippen molar-refractivity contribution in [2.75, 3.05) is 6.54 Å². The Morgan fingerprint density at radius 3 is 2.43 bits per heavy atom. The zero-order chi connectivity index (χ0) is 15.5. The van der Waals surface area contributed by atoms with Crippen molar-refractivity contribution in [1.82, 2.24) is 5.32 Å². The second-order valence-electron chi connectivity index (χ2n) is 5.52. The van der Waals surface area contributed by atoms with Gasteiger partial charge in [-0.25, -0.2) is 0 Å². The van der Waals surface area contributed by atoms with Gasteiger partial charge in [-0.3, -0.25) is 4.79 Å². The van der Waals surface area contributed by atoms with Crippen LogP contribution in [0.5, 0.6) is 0 Å². The van der Waals surface area contributed by atoms with Gasteiger partial charge >= 0.3 is 0 Å². The first-order valence-corrected chi connectivity index (χ1v) is 7.85. The summed E-state index contributed by atoms with van der Waals surface area (Å²) in [5, 5.41) is 11.9. The molecule has 0 saturated heterocycles. The topological polar surface area (TPSA) is 75.4 Å². The van der Waals surface area contributed by atoms with Crippen LogP contribution in [0.3, 0.4) is 0 Å². The molecule has 0 aliphatic rings. The Labute approximate surface area is 127 Å². The summed E-state index contributed by atoms with van der Waals surface area (Å²) in [5.74, 6) is 0.661. The second-order valence-corrected chi connectivity index (χ2v) is 5.52. The minimum atomic E-state index is 0.0482. The highest BCUT2D eigenvalue weighted by Gasteiger charge is 2.10. The van der Waals surface area contributed by atoms with E-state index in [0.717, 1.165) is 36.8 Å². The van der Waals surface area contributed by atoms with Gasteiger partial charge in [-0.15, -0.1) is 0 Å². The number of amides is 1. The number of carbonyl (C=O) groups excluding carboxylic acids is 1. The number of aliphatic hydroxyl groups is 1. The van der Waals surface area contributed by atoms with Crippen LogP contribution in [-0.4, -0.2) is 17.6 Å². The van der Waals surface area contributed by atoms with Gasteiger partial charge in [0, 0.05) is 13.0 Å². The van der Waals surface area contributed by atoms with Crippen LogP contribution in [0, 0.1) is 5.92 Å². The lowest BCUT2D eigenvalue weighted by Crippen LogP contribution is -2.23. The Morgan fingerprint density at radius 2 is 1.86 bits per heavy atom. The molecule has 4 N–H and O–H groups in total. The lowest BCUT2D eigenvalue weighted by Gasteiger charge is -2.14. The first-order valence-electron chi connectivity index (χ1n) is 7.85. The number of hydrogen-bond donors (Lipinski definition) is 3. The van der Waals surface area contributed by atoms with E-state index in [1.165, 1.54) is 0 Å². The van der Waals surface area contributed by atoms with Gasteiger partial charge in [0.1, 0.15) is 0 Å². The third-order valence-electron chi connectivity index (χ3n) is 3.75. The van der Waals surface area contributed by atoms with Gasteiger partial charge in [0.25, 0.3) is 0 Å². The predicted octanol–water partition coefficient (Wildman–Crippen LogP) is 2.34. The monoisotopic (exact) mass is 292 g/mol. The smallest absolute Gasteiger partial charge is 0.220 e. The summed E-state index contributed by atoms with van der Waals surface area (Å²) in [6.45, 7) is 3.45. The van der Waals surface area contributed by atoms with Gasteiger partial charge in [0.2, 0.25) is 5.91 Å². The van der Waals surface area contributed by atoms with Crippen LogP contribution < -0.4 is 11.1 Å². The lowest BCUT2D eigenvalue weighted by atomic mass is 9.94. The molecule has 1 aromatic rings. The molecule has 0 spiro atoms. The molecule has 21 heavy (non-hydrogen) atoms. The van der Waals surface area contributed by atoms with E-state index in [-0.39, 0.29) is 12.5 Å². The maximum atomic E-state index is 11.9. The van der Waals surface area contributed by atoms with Crippen LogP contribution in [0.4, 0.5) is 0 Å². The fourth-order valence-electron chi connectivity index (χ4n) is 2.46. The van der Waals surface area contributed by atoms with Crippen molar-refractivity contribution in [2.24, 2.45) is 11.7 Å². The fraction of sp³-hybridized carbons (Fsp3) is 0.588. The van der Waals surface area contributed by atoms with Gasteiger partial charge in [0.05, 0.1) is 6.61 Å². The third-order valence-corrected chi connectivity index (χ3v) is 3.75. The molecule has 1 aromatic carbocycles. The second kappa shape index (κ2) is 10.4. The Hall–Kier alpha value is -1.39. The van der Waals surface area contributed by atoms with Crippen molar-refractivity contribution in [1.29, 1.82) is 0 Å². The molecule has 0 aliphatic carbocycles. The standard InChI is InChI=1S/C17H28N2O2/c1-2-3-14(10-11-18)8-9-17(21)19-12-15-4-6-16(13-20)7-5-15/h4-7,14,20H,2-3,8-13,18H2,1H3,(H,19,21). The number of carbonyl (C=O) groups is 1. The molecular formula is C17H28N2O2. The van der Waals surface area contributed by atoms with E-state index in [2.05, 4.69) is 12.2 Å². The molecular weight excluding hydrogens is 264 g/mol. The van der Waals surface area contributed by atoms with Crippen LogP contribution in [0.25, 0.3) is 0 Å². The summed E-state index contributed by atoms with van der Waals surface area (Å²) in [6.07, 6.45) is 4.78. The third kappa shape index (κ3) is 7.25. The molecule has 0 aromatic heterocycles. The molecule has 0 fully saturated rings. The van der Waals surface area contributed by atoms with E-state index in [0.29, 0.717) is 25.4 Å². The van der Waals surface area contributed by atoms with Gasteiger partial charge in [-0.1, -0.05) is 44.0 Å². The van der Waals surface area contributed by atoms with E-state index in [9.17, 15) is 4.79 Å². The Bertz CT molecular complexity index is 398. The minimum Gasteiger partial charge on any atom is -0.392 e. The Balaban J connectivity index is 2.29. The van der Waals surface area contributed by atoms with Gasteiger partial charge < -0.3 is 16.2 Å². The highest BCUT2D eigenvalue weighted by atomic mass is 16.3. The van der Waals surface area contributed by atoms with Crippen LogP contribution in [0.15, 0.2) is 24.3 Å². The number of aliphatic hydroxyl groups excluding tert-OH is 1. The van der Waals surface area contributed by atoms with E-state index in [1.807, 2.05) is 24.3 Å². The largest absolute Gasteiger partial charge is 0.392 e. The zero-order valence-electron chi connectivity index (χ0n) is 13.0. The molecule has 0 bridgehead atoms. The van der Waals surface area contributed by atoms with E-state index in [4.69, 9.17) is 10.8 Å². The molecule has 0 radical (unpaired) electrons. The number of benzene rings is 1. The van der Waals surface area contributed by atoms with Crippen LogP contribution in [-0.2, 0) is 17.9 Å². The summed E-state index contributed by atoms with van der Waals surface area (Å²) in [4.78, 5) is 11.9. The molecule has 0 heterocycles. The van der Waals surface area contributed by atoms with Gasteiger partial charge in [0.15, 0.2) is 0 Å². The van der Waals surface area contributed by atoms with Crippen molar-refractivity contribution in [3.63, 3.8) is 0 Å². The maximum Gasteiger partial charge on any atom is 0.220 e. The Kier molecular flexibility index (Phi) is 8.71. The number of nitrogens with one attached hydrogen (secondary N) is 1. The molecule has 1 unspecified atom stereocenters. The molecule has 1 atom stereocenters. The van der Waals surface area contributed by atoms with Gasteiger partial charge in [-0.05, 0) is 36.4 Å². The van der Waals surface area contributed by atoms with Crippen LogP contribution >= 0.6 is 0 Å². The minimum absolute atomic E-state index is 0.0482. The lowest BCUT2D eigenvalue weighted by molar-refractivity contribution is -0.121. The summed E-state index contributed by atoms with van der Waals surface area (Å²) < 4.78 is 0. The number of nitrogens with two attached hydrogens (primary N) is 1. The zero-order valence-corrected chi connectivity index (χ0v) is 13.0. The molecule has 118 valence electrons. The summed E-state index contributed by atoms with van der Waals surface area (Å²) >= 11 is 0. The first-order chi connectivity index (χ1) is 10.2. The fourth-order valence-corrected chi connectivity index (χ4v) is 2.46. The van der Waals surface area contributed by atoms with Crippen LogP contribution in [0.2, 0.25) is 0 Å². The number of rotatable bonds is 10. The normalized spacial score (nSPS) is 12.1. The average molecular weight is 292 g/mol. The summed E-state index contributed by atoms with van der Waals surface area (Å²) in [6, 6.07) is 7.61. The summed E-state index contributed by atoms with van der Waals surface area (Å²) in [5.41, 5.74) is 7.54. The maximum absolute atomic E-state index is 11.9. The number of hydrogen-bond acceptors (Lipinski definition) is 3. The highest BCUT2D eigenvalue weighted by Crippen LogP contribution is 2.16. The van der Waals surface area contributed by atoms with Crippen molar-refractivity contribution >= 4 is 5.91 Å². The van der Waals surface area contributed by atoms with E-state index < -0.39 is 0 Å². The first kappa shape index (κ1) is 17.7. The molecule has 0 saturated carbocycles. The molecule has 4 heteroatoms. The highest BCUT2D eigenvalue weighted by molar-refractivity contribution is 5.75. The van der Waals surface area contributed by atoms with Crippen molar-refractivity contribution in [3.05, 3.63) is 35.4 Å². The van der Waals surface area contributed by atoms with E-state index >= 15 is 0 Å². The van der Waals surface area contributed by atoms with Crippen molar-refractivity contribution in [2.45, 2.75) is 52.2 Å². The van der Waals surface area contributed by atoms with Crippen molar-refractivity contribution in [3.8, 4) is 0 Å².